The van der Waals surface area contributed by atoms with E-state index in [4.69, 9.17) is 11.6 Å². The number of thiophene rings is 1. The molecule has 2 aromatic rings. The van der Waals surface area contributed by atoms with Crippen molar-refractivity contribution in [2.24, 2.45) is 0 Å². The fourth-order valence-corrected chi connectivity index (χ4v) is 3.28. The zero-order valence-electron chi connectivity index (χ0n) is 13.3. The molecule has 0 aliphatic rings. The lowest BCUT2D eigenvalue weighted by atomic mass is 10.3. The lowest BCUT2D eigenvalue weighted by Crippen LogP contribution is -2.24. The maximum absolute atomic E-state index is 13.6. The fourth-order valence-electron chi connectivity index (χ4n) is 1.95. The molecular weight excluding hydrogens is 376 g/mol. The van der Waals surface area contributed by atoms with E-state index < -0.39 is 24.0 Å². The Hall–Kier alpha value is -2.26. The Morgan fingerprint density at radius 1 is 1.36 bits per heavy atom. The van der Waals surface area contributed by atoms with Gasteiger partial charge >= 0.3 is 0 Å². The monoisotopic (exact) mass is 389 g/mol. The van der Waals surface area contributed by atoms with Crippen LogP contribution in [0.25, 0.3) is 0 Å². The number of halogens is 3. The van der Waals surface area contributed by atoms with Gasteiger partial charge in [-0.05, 0) is 6.07 Å². The van der Waals surface area contributed by atoms with Crippen molar-refractivity contribution in [1.82, 2.24) is 9.47 Å². The first-order valence-electron chi connectivity index (χ1n) is 7.03. The summed E-state index contributed by atoms with van der Waals surface area (Å²) >= 11 is 6.87. The van der Waals surface area contributed by atoms with Gasteiger partial charge in [0.25, 0.3) is 17.4 Å². The van der Waals surface area contributed by atoms with E-state index in [-0.39, 0.29) is 32.9 Å². The predicted molar refractivity (Wildman–Crippen MR) is 91.9 cm³/mol. The van der Waals surface area contributed by atoms with Crippen LogP contribution in [0, 0.1) is 5.82 Å². The zero-order valence-corrected chi connectivity index (χ0v) is 14.9. The molecule has 0 spiro atoms. The number of hydrogen-bond donors (Lipinski definition) is 1. The summed E-state index contributed by atoms with van der Waals surface area (Å²) in [7, 11) is 3.10. The summed E-state index contributed by atoms with van der Waals surface area (Å²) in [5.74, 6) is -2.09. The lowest BCUT2D eigenvalue weighted by molar-refractivity contribution is 0.0832. The van der Waals surface area contributed by atoms with Gasteiger partial charge in [-0.25, -0.2) is 8.78 Å². The van der Waals surface area contributed by atoms with Gasteiger partial charge in [-0.1, -0.05) is 11.6 Å². The van der Waals surface area contributed by atoms with Crippen molar-refractivity contribution in [3.8, 4) is 0 Å². The van der Waals surface area contributed by atoms with Crippen LogP contribution in [-0.2, 0) is 6.54 Å². The quantitative estimate of drug-likeness (QED) is 0.854. The normalized spacial score (nSPS) is 10.6. The molecule has 6 nitrogen and oxygen atoms in total. The number of rotatable bonds is 5. The minimum atomic E-state index is -1.11. The van der Waals surface area contributed by atoms with E-state index in [0.29, 0.717) is 0 Å². The third-order valence-corrected chi connectivity index (χ3v) is 4.67. The maximum Gasteiger partial charge on any atom is 0.286 e. The summed E-state index contributed by atoms with van der Waals surface area (Å²) in [5, 5.41) is 2.53. The first-order chi connectivity index (χ1) is 11.7. The zero-order chi connectivity index (χ0) is 18.7. The molecule has 0 aromatic carbocycles. The molecule has 0 saturated carbocycles. The first-order valence-corrected chi connectivity index (χ1v) is 8.22. The molecule has 10 heteroatoms. The predicted octanol–water partition coefficient (Wildman–Crippen LogP) is 2.63. The van der Waals surface area contributed by atoms with Gasteiger partial charge in [0, 0.05) is 26.4 Å². The number of pyridine rings is 1. The van der Waals surface area contributed by atoms with Gasteiger partial charge in [-0.3, -0.25) is 14.4 Å². The molecule has 2 amide bonds. The van der Waals surface area contributed by atoms with E-state index in [0.717, 1.165) is 28.2 Å². The number of amides is 2. The molecule has 0 bridgehead atoms. The van der Waals surface area contributed by atoms with Gasteiger partial charge < -0.3 is 14.8 Å². The lowest BCUT2D eigenvalue weighted by Gasteiger charge is -2.08. The summed E-state index contributed by atoms with van der Waals surface area (Å²) < 4.78 is 26.8. The van der Waals surface area contributed by atoms with Gasteiger partial charge in [-0.15, -0.1) is 11.3 Å². The second-order valence-corrected chi connectivity index (χ2v) is 6.67. The first kappa shape index (κ1) is 19.1. The summed E-state index contributed by atoms with van der Waals surface area (Å²) in [5.41, 5.74) is -0.991. The van der Waals surface area contributed by atoms with Crippen LogP contribution >= 0.6 is 22.9 Å². The number of carbonyl (C=O) groups excluding carboxylic acids is 2. The molecule has 0 saturated heterocycles. The van der Waals surface area contributed by atoms with Gasteiger partial charge in [0.15, 0.2) is 5.82 Å². The number of nitrogens with zero attached hydrogens (tertiary/aromatic N) is 2. The van der Waals surface area contributed by atoms with Crippen molar-refractivity contribution in [3.63, 3.8) is 0 Å². The van der Waals surface area contributed by atoms with Crippen LogP contribution in [0.3, 0.4) is 0 Å². The number of carbonyl (C=O) groups is 2. The third kappa shape index (κ3) is 4.23. The van der Waals surface area contributed by atoms with Gasteiger partial charge in [-0.2, -0.15) is 0 Å². The second-order valence-electron chi connectivity index (χ2n) is 5.21. The minimum absolute atomic E-state index is 0.0134. The summed E-state index contributed by atoms with van der Waals surface area (Å²) in [4.78, 5) is 37.4. The Morgan fingerprint density at radius 3 is 2.64 bits per heavy atom. The Bertz CT molecular complexity index is 879. The highest BCUT2D eigenvalue weighted by atomic mass is 35.5. The van der Waals surface area contributed by atoms with Crippen molar-refractivity contribution in [1.29, 1.82) is 0 Å². The number of aryl methyl sites for hydroxylation is 1. The Labute approximate surface area is 150 Å². The molecule has 2 rings (SSSR count). The van der Waals surface area contributed by atoms with E-state index in [1.807, 2.05) is 0 Å². The van der Waals surface area contributed by atoms with E-state index in [2.05, 4.69) is 5.32 Å². The molecule has 1 N–H and O–H groups in total. The van der Waals surface area contributed by atoms with Crippen LogP contribution in [0.15, 0.2) is 23.1 Å². The summed E-state index contributed by atoms with van der Waals surface area (Å²) in [6.45, 7) is -1.18. The van der Waals surface area contributed by atoms with Gasteiger partial charge in [0.1, 0.15) is 11.6 Å². The fraction of sp³-hybridized carbons (Fsp3) is 0.267. The molecule has 134 valence electrons. The molecule has 0 unspecified atom stereocenters. The van der Waals surface area contributed by atoms with Crippen molar-refractivity contribution in [2.45, 2.75) is 6.54 Å². The topological polar surface area (TPSA) is 71.4 Å². The van der Waals surface area contributed by atoms with Crippen LogP contribution in [0.2, 0.25) is 5.02 Å². The van der Waals surface area contributed by atoms with Gasteiger partial charge in [0.2, 0.25) is 0 Å². The second kappa shape index (κ2) is 7.75. The minimum Gasteiger partial charge on any atom is -0.344 e. The van der Waals surface area contributed by atoms with Crippen LogP contribution < -0.4 is 10.9 Å². The van der Waals surface area contributed by atoms with Crippen molar-refractivity contribution in [3.05, 3.63) is 49.3 Å². The Morgan fingerprint density at radius 2 is 2.04 bits per heavy atom. The van der Waals surface area contributed by atoms with E-state index in [9.17, 15) is 23.2 Å². The Balaban J connectivity index is 2.27. The number of hydrogen-bond acceptors (Lipinski definition) is 4. The average molecular weight is 390 g/mol. The molecule has 0 atom stereocenters. The molecule has 0 radical (unpaired) electrons. The third-order valence-electron chi connectivity index (χ3n) is 3.14. The number of anilines is 1. The highest BCUT2D eigenvalue weighted by Crippen LogP contribution is 2.28. The van der Waals surface area contributed by atoms with E-state index in [1.54, 1.807) is 14.1 Å². The van der Waals surface area contributed by atoms with Crippen molar-refractivity contribution >= 4 is 40.4 Å². The molecule has 0 aliphatic heterocycles. The van der Waals surface area contributed by atoms with Crippen LogP contribution in [0.1, 0.15) is 19.3 Å². The molecule has 2 heterocycles. The Kier molecular flexibility index (Phi) is 5.91. The van der Waals surface area contributed by atoms with Gasteiger partial charge in [0.05, 0.1) is 22.1 Å². The van der Waals surface area contributed by atoms with Crippen LogP contribution in [0.5, 0.6) is 0 Å². The standard InChI is InChI=1S/C15H14ClF2N3O3S/c1-20(2)15(24)12-9(16)6-11(25-12)13(22)19-8-5-10(18)14(23)21(7-8)4-3-17/h5-7H,3-4H2,1-2H3,(H,19,22). The maximum atomic E-state index is 13.6. The smallest absolute Gasteiger partial charge is 0.286 e. The molecular formula is C15H14ClF2N3O3S. The number of alkyl halides is 1. The number of aromatic nitrogens is 1. The van der Waals surface area contributed by atoms with Crippen molar-refractivity contribution < 1.29 is 18.4 Å². The average Bonchev–Trinajstić information content (AvgIpc) is 2.93. The summed E-state index contributed by atoms with van der Waals surface area (Å²) in [6, 6.07) is 2.17. The molecule has 0 fully saturated rings. The molecule has 25 heavy (non-hydrogen) atoms. The summed E-state index contributed by atoms with van der Waals surface area (Å²) in [6.07, 6.45) is 1.14. The van der Waals surface area contributed by atoms with Crippen LogP contribution in [0.4, 0.5) is 14.5 Å². The van der Waals surface area contributed by atoms with E-state index >= 15 is 0 Å². The van der Waals surface area contributed by atoms with E-state index in [1.165, 1.54) is 11.0 Å². The van der Waals surface area contributed by atoms with Crippen molar-refractivity contribution in [2.75, 3.05) is 26.1 Å². The SMILES string of the molecule is CN(C)C(=O)c1sc(C(=O)Nc2cc(F)c(=O)n(CCF)c2)cc1Cl. The highest BCUT2D eigenvalue weighted by Gasteiger charge is 2.20. The molecule has 2 aromatic heterocycles. The van der Waals surface area contributed by atoms with Crippen LogP contribution in [-0.4, -0.2) is 42.1 Å². The largest absolute Gasteiger partial charge is 0.344 e. The number of nitrogens with one attached hydrogen (secondary N) is 1. The molecule has 0 aliphatic carbocycles. The highest BCUT2D eigenvalue weighted by molar-refractivity contribution is 7.16.